The van der Waals surface area contributed by atoms with Crippen LogP contribution in [0.25, 0.3) is 0 Å². The summed E-state index contributed by atoms with van der Waals surface area (Å²) in [5.41, 5.74) is -0.499. The van der Waals surface area contributed by atoms with Gasteiger partial charge in [-0.15, -0.1) is 0 Å². The molecule has 1 aliphatic heterocycles. The Morgan fingerprint density at radius 2 is 1.72 bits per heavy atom. The van der Waals surface area contributed by atoms with E-state index in [1.54, 1.807) is 0 Å². The summed E-state index contributed by atoms with van der Waals surface area (Å²) in [5.74, 6) is 0.394. The molecule has 3 rings (SSSR count). The van der Waals surface area contributed by atoms with Crippen LogP contribution >= 0.6 is 0 Å². The van der Waals surface area contributed by atoms with Gasteiger partial charge >= 0.3 is 0 Å². The number of hydrogen-bond acceptors (Lipinski definition) is 3. The van der Waals surface area contributed by atoms with Gasteiger partial charge in [-0.25, -0.2) is 0 Å². The maximum absolute atomic E-state index is 9.65. The predicted octanol–water partition coefficient (Wildman–Crippen LogP) is 2.88. The minimum Gasteiger partial charge on any atom is -0.295 e. The molecule has 0 aromatic rings. The van der Waals surface area contributed by atoms with Crippen LogP contribution in [0, 0.1) is 34.0 Å². The van der Waals surface area contributed by atoms with Crippen molar-refractivity contribution in [3.05, 3.63) is 0 Å². The van der Waals surface area contributed by atoms with Gasteiger partial charge in [0.15, 0.2) is 0 Å². The first kappa shape index (κ1) is 12.0. The Bertz CT molecular complexity index is 378. The largest absolute Gasteiger partial charge is 0.295 e. The molecular weight excluding hydrogens is 222 g/mol. The van der Waals surface area contributed by atoms with E-state index in [-0.39, 0.29) is 17.0 Å². The van der Waals surface area contributed by atoms with Crippen LogP contribution in [0.4, 0.5) is 0 Å². The average Bonchev–Trinajstić information content (AvgIpc) is 2.44. The standard InChI is InChI=1S/C15H21N3/c16-10-14-7-3-2-6-13(14)18-15(11-17)8-4-1-5-12(15)9-14/h12-13,18H,1-9H2. The van der Waals surface area contributed by atoms with Crippen LogP contribution < -0.4 is 5.32 Å². The molecule has 0 aromatic carbocycles. The fraction of sp³-hybridized carbons (Fsp3) is 0.867. The lowest BCUT2D eigenvalue weighted by Crippen LogP contribution is -2.66. The van der Waals surface area contributed by atoms with E-state index in [1.165, 1.54) is 19.3 Å². The number of hydrogen-bond donors (Lipinski definition) is 1. The molecule has 1 heterocycles. The first-order valence-electron chi connectivity index (χ1n) is 7.35. The van der Waals surface area contributed by atoms with Crippen molar-refractivity contribution in [1.82, 2.24) is 5.32 Å². The molecule has 3 nitrogen and oxygen atoms in total. The summed E-state index contributed by atoms with van der Waals surface area (Å²) in [5, 5.41) is 22.9. The highest BCUT2D eigenvalue weighted by Crippen LogP contribution is 2.51. The van der Waals surface area contributed by atoms with Crippen molar-refractivity contribution in [2.75, 3.05) is 0 Å². The Labute approximate surface area is 109 Å². The summed E-state index contributed by atoms with van der Waals surface area (Å²) >= 11 is 0. The Balaban J connectivity index is 1.93. The van der Waals surface area contributed by atoms with Crippen LogP contribution in [0.5, 0.6) is 0 Å². The van der Waals surface area contributed by atoms with Gasteiger partial charge in [-0.1, -0.05) is 25.7 Å². The van der Waals surface area contributed by atoms with Gasteiger partial charge in [0.25, 0.3) is 0 Å². The maximum Gasteiger partial charge on any atom is 0.109 e. The molecule has 4 unspecified atom stereocenters. The minimum atomic E-state index is -0.319. The van der Waals surface area contributed by atoms with Crippen LogP contribution in [0.2, 0.25) is 0 Å². The molecule has 0 bridgehead atoms. The Hall–Kier alpha value is -1.06. The second kappa shape index (κ2) is 4.25. The van der Waals surface area contributed by atoms with E-state index in [1.807, 2.05) is 0 Å². The molecule has 0 spiro atoms. The predicted molar refractivity (Wildman–Crippen MR) is 68.4 cm³/mol. The SMILES string of the molecule is N#CC12CCCCC1NC1(C#N)CCCCC1C2. The van der Waals surface area contributed by atoms with E-state index in [0.29, 0.717) is 5.92 Å². The summed E-state index contributed by atoms with van der Waals surface area (Å²) < 4.78 is 0. The molecule has 1 saturated heterocycles. The van der Waals surface area contributed by atoms with E-state index in [0.717, 1.165) is 38.5 Å². The van der Waals surface area contributed by atoms with E-state index in [2.05, 4.69) is 17.5 Å². The zero-order valence-electron chi connectivity index (χ0n) is 10.9. The van der Waals surface area contributed by atoms with Gasteiger partial charge in [0.1, 0.15) is 5.54 Å². The summed E-state index contributed by atoms with van der Waals surface area (Å²) in [6.07, 6.45) is 9.91. The van der Waals surface area contributed by atoms with E-state index in [9.17, 15) is 10.5 Å². The molecule has 4 atom stereocenters. The summed E-state index contributed by atoms with van der Waals surface area (Å²) in [6.45, 7) is 0. The first-order chi connectivity index (χ1) is 8.75. The van der Waals surface area contributed by atoms with Gasteiger partial charge in [-0.05, 0) is 38.0 Å². The molecule has 18 heavy (non-hydrogen) atoms. The molecule has 0 aromatic heterocycles. The minimum absolute atomic E-state index is 0.180. The third-order valence-electron chi connectivity index (χ3n) is 5.57. The van der Waals surface area contributed by atoms with E-state index in [4.69, 9.17) is 0 Å². The van der Waals surface area contributed by atoms with Gasteiger partial charge in [-0.3, -0.25) is 5.32 Å². The van der Waals surface area contributed by atoms with Gasteiger partial charge in [0.05, 0.1) is 17.6 Å². The van der Waals surface area contributed by atoms with Gasteiger partial charge in [-0.2, -0.15) is 10.5 Å². The van der Waals surface area contributed by atoms with Crippen LogP contribution in [-0.2, 0) is 0 Å². The van der Waals surface area contributed by atoms with Crippen molar-refractivity contribution in [3.8, 4) is 12.1 Å². The zero-order valence-corrected chi connectivity index (χ0v) is 10.9. The van der Waals surface area contributed by atoms with E-state index >= 15 is 0 Å². The highest BCUT2D eigenvalue weighted by atomic mass is 15.1. The smallest absolute Gasteiger partial charge is 0.109 e. The number of nitrogens with zero attached hydrogens (tertiary/aromatic N) is 2. The van der Waals surface area contributed by atoms with Crippen LogP contribution in [-0.4, -0.2) is 11.6 Å². The molecule has 2 saturated carbocycles. The lowest BCUT2D eigenvalue weighted by Gasteiger charge is -2.54. The number of nitriles is 2. The number of nitrogens with one attached hydrogen (secondary N) is 1. The zero-order chi connectivity index (χ0) is 12.6. The molecule has 3 heteroatoms. The fourth-order valence-corrected chi connectivity index (χ4v) is 4.52. The molecule has 1 N–H and O–H groups in total. The average molecular weight is 243 g/mol. The van der Waals surface area contributed by atoms with Gasteiger partial charge in [0, 0.05) is 6.04 Å². The van der Waals surface area contributed by atoms with Gasteiger partial charge < -0.3 is 0 Å². The Kier molecular flexibility index (Phi) is 2.83. The Morgan fingerprint density at radius 1 is 0.944 bits per heavy atom. The Morgan fingerprint density at radius 3 is 2.50 bits per heavy atom. The van der Waals surface area contributed by atoms with Crippen molar-refractivity contribution < 1.29 is 0 Å². The summed E-state index contributed by atoms with van der Waals surface area (Å²) in [6, 6.07) is 5.45. The summed E-state index contributed by atoms with van der Waals surface area (Å²) in [4.78, 5) is 0. The van der Waals surface area contributed by atoms with Crippen molar-refractivity contribution in [1.29, 1.82) is 10.5 Å². The number of piperidine rings is 1. The van der Waals surface area contributed by atoms with Crippen LogP contribution in [0.15, 0.2) is 0 Å². The lowest BCUT2D eigenvalue weighted by molar-refractivity contribution is 0.0192. The third-order valence-corrected chi connectivity index (χ3v) is 5.57. The highest BCUT2D eigenvalue weighted by Gasteiger charge is 2.55. The third kappa shape index (κ3) is 1.57. The second-order valence-electron chi connectivity index (χ2n) is 6.44. The second-order valence-corrected chi connectivity index (χ2v) is 6.44. The van der Waals surface area contributed by atoms with Crippen molar-refractivity contribution >= 4 is 0 Å². The quantitative estimate of drug-likeness (QED) is 0.711. The van der Waals surface area contributed by atoms with Crippen molar-refractivity contribution in [3.63, 3.8) is 0 Å². The molecule has 3 fully saturated rings. The van der Waals surface area contributed by atoms with E-state index < -0.39 is 0 Å². The molecule has 0 amide bonds. The first-order valence-corrected chi connectivity index (χ1v) is 7.35. The molecule has 3 aliphatic rings. The molecule has 0 radical (unpaired) electrons. The van der Waals surface area contributed by atoms with Crippen LogP contribution in [0.1, 0.15) is 57.8 Å². The van der Waals surface area contributed by atoms with Gasteiger partial charge in [0.2, 0.25) is 0 Å². The lowest BCUT2D eigenvalue weighted by atomic mass is 9.57. The van der Waals surface area contributed by atoms with Crippen molar-refractivity contribution in [2.24, 2.45) is 11.3 Å². The number of rotatable bonds is 0. The highest BCUT2D eigenvalue weighted by molar-refractivity contribution is 5.23. The van der Waals surface area contributed by atoms with Crippen molar-refractivity contribution in [2.45, 2.75) is 69.4 Å². The summed E-state index contributed by atoms with van der Waals surface area (Å²) in [7, 11) is 0. The topological polar surface area (TPSA) is 59.6 Å². The monoisotopic (exact) mass is 243 g/mol. The van der Waals surface area contributed by atoms with Crippen LogP contribution in [0.3, 0.4) is 0 Å². The molecule has 96 valence electrons. The molecule has 2 aliphatic carbocycles. The maximum atomic E-state index is 9.65. The molecular formula is C15H21N3. The normalized spacial score (nSPS) is 47.2. The fourth-order valence-electron chi connectivity index (χ4n) is 4.52. The number of fused-ring (bicyclic) bond motifs is 2.